The molecule has 0 saturated carbocycles. The summed E-state index contributed by atoms with van der Waals surface area (Å²) in [6.45, 7) is 9.86. The molecule has 0 radical (unpaired) electrons. The second-order valence-electron chi connectivity index (χ2n) is 6.59. The Balaban J connectivity index is 3.11. The number of rotatable bonds is 3. The minimum atomic E-state index is -1.32. The number of methoxy groups -OCH3 is 1. The van der Waals surface area contributed by atoms with Crippen LogP contribution < -0.4 is 0 Å². The van der Waals surface area contributed by atoms with Crippen molar-refractivity contribution in [2.24, 2.45) is 10.5 Å². The lowest BCUT2D eigenvalue weighted by molar-refractivity contribution is -0.280. The van der Waals surface area contributed by atoms with Crippen molar-refractivity contribution in [1.29, 1.82) is 0 Å². The predicted octanol–water partition coefficient (Wildman–Crippen LogP) is 2.66. The molecule has 1 N–H and O–H groups in total. The summed E-state index contributed by atoms with van der Waals surface area (Å²) < 4.78 is 11.5. The molecule has 4 atom stereocenters. The molecule has 19 heavy (non-hydrogen) atoms. The quantitative estimate of drug-likeness (QED) is 0.486. The molecule has 0 amide bonds. The molecule has 0 bridgehead atoms. The van der Waals surface area contributed by atoms with E-state index in [1.165, 1.54) is 0 Å². The first-order valence-electron chi connectivity index (χ1n) is 6.54. The Kier molecular flexibility index (Phi) is 4.52. The molecule has 0 aromatic carbocycles. The summed E-state index contributed by atoms with van der Waals surface area (Å²) in [5.74, 6) is 0. The fraction of sp³-hybridized carbons (Fsp3) is 1.00. The van der Waals surface area contributed by atoms with Gasteiger partial charge in [0.1, 0.15) is 5.60 Å². The summed E-state index contributed by atoms with van der Waals surface area (Å²) in [6, 6.07) is 0. The Morgan fingerprint density at radius 1 is 1.53 bits per heavy atom. The van der Waals surface area contributed by atoms with Gasteiger partial charge in [-0.15, -0.1) is 0 Å². The van der Waals surface area contributed by atoms with Crippen LogP contribution in [0.1, 0.15) is 41.0 Å². The molecule has 1 fully saturated rings. The number of hydrogen-bond donors (Lipinski definition) is 1. The van der Waals surface area contributed by atoms with Crippen molar-refractivity contribution in [2.45, 2.75) is 64.4 Å². The monoisotopic (exact) mass is 271 g/mol. The molecular formula is C13H25N3O3. The third-order valence-corrected chi connectivity index (χ3v) is 4.32. The molecule has 6 heteroatoms. The first-order valence-corrected chi connectivity index (χ1v) is 6.54. The van der Waals surface area contributed by atoms with Crippen molar-refractivity contribution < 1.29 is 14.6 Å². The fourth-order valence-electron chi connectivity index (χ4n) is 2.57. The Morgan fingerprint density at radius 2 is 2.11 bits per heavy atom. The van der Waals surface area contributed by atoms with Crippen molar-refractivity contribution >= 4 is 0 Å². The highest BCUT2D eigenvalue weighted by atomic mass is 16.6. The van der Waals surface area contributed by atoms with Crippen LogP contribution >= 0.6 is 0 Å². The van der Waals surface area contributed by atoms with Gasteiger partial charge < -0.3 is 14.6 Å². The summed E-state index contributed by atoms with van der Waals surface area (Å²) in [5, 5.41) is 14.4. The highest BCUT2D eigenvalue weighted by molar-refractivity contribution is 5.09. The summed E-state index contributed by atoms with van der Waals surface area (Å²) in [5.41, 5.74) is 6.31. The van der Waals surface area contributed by atoms with Crippen molar-refractivity contribution in [3.63, 3.8) is 0 Å². The molecule has 0 unspecified atom stereocenters. The van der Waals surface area contributed by atoms with Gasteiger partial charge >= 0.3 is 0 Å². The van der Waals surface area contributed by atoms with E-state index in [-0.39, 0.29) is 18.1 Å². The molecule has 1 saturated heterocycles. The first kappa shape index (κ1) is 16.2. The number of nitrogens with zero attached hydrogens (tertiary/aromatic N) is 3. The zero-order chi connectivity index (χ0) is 14.9. The van der Waals surface area contributed by atoms with Crippen LogP contribution in [0.15, 0.2) is 5.11 Å². The van der Waals surface area contributed by atoms with Gasteiger partial charge in [-0.05, 0) is 24.8 Å². The van der Waals surface area contributed by atoms with E-state index in [1.54, 1.807) is 14.0 Å². The van der Waals surface area contributed by atoms with Crippen LogP contribution in [0.25, 0.3) is 10.4 Å². The average Bonchev–Trinajstić information content (AvgIpc) is 2.32. The summed E-state index contributed by atoms with van der Waals surface area (Å²) in [4.78, 5) is 2.73. The maximum absolute atomic E-state index is 10.9. The van der Waals surface area contributed by atoms with E-state index in [0.717, 1.165) is 0 Å². The molecule has 1 aliphatic rings. The maximum atomic E-state index is 10.9. The number of azide groups is 1. The minimum Gasteiger partial charge on any atom is -0.384 e. The Morgan fingerprint density at radius 3 is 2.53 bits per heavy atom. The van der Waals surface area contributed by atoms with Crippen LogP contribution in [-0.4, -0.2) is 42.2 Å². The van der Waals surface area contributed by atoms with Crippen molar-refractivity contribution in [3.8, 4) is 0 Å². The number of aliphatic hydroxyl groups is 1. The van der Waals surface area contributed by atoms with Crippen molar-refractivity contribution in [3.05, 3.63) is 10.4 Å². The van der Waals surface area contributed by atoms with Gasteiger partial charge in [-0.25, -0.2) is 0 Å². The summed E-state index contributed by atoms with van der Waals surface area (Å²) in [6.07, 6.45) is 0.0501. The molecule has 0 aliphatic carbocycles. The topological polar surface area (TPSA) is 87.5 Å². The third-order valence-electron chi connectivity index (χ3n) is 4.32. The third kappa shape index (κ3) is 2.87. The van der Waals surface area contributed by atoms with Gasteiger partial charge in [0.15, 0.2) is 0 Å². The van der Waals surface area contributed by atoms with Gasteiger partial charge in [-0.3, -0.25) is 0 Å². The summed E-state index contributed by atoms with van der Waals surface area (Å²) in [7, 11) is 1.57. The molecule has 1 rings (SSSR count). The van der Waals surface area contributed by atoms with Gasteiger partial charge in [0, 0.05) is 18.4 Å². The normalized spacial score (nSPS) is 39.7. The van der Waals surface area contributed by atoms with E-state index in [4.69, 9.17) is 15.0 Å². The Hall–Kier alpha value is -0.810. The van der Waals surface area contributed by atoms with Crippen molar-refractivity contribution in [1.82, 2.24) is 0 Å². The lowest BCUT2D eigenvalue weighted by Gasteiger charge is -2.54. The Bertz CT molecular complexity index is 376. The molecule has 0 aromatic rings. The van der Waals surface area contributed by atoms with Crippen LogP contribution in [0, 0.1) is 5.41 Å². The van der Waals surface area contributed by atoms with E-state index >= 15 is 0 Å². The second kappa shape index (κ2) is 5.29. The standard InChI is InChI=1S/C13H25N3O3/c1-9-13(17,8-15-16-14)12(5,18-6)7-10(19-9)11(2,3)4/h9-10,17H,7-8H2,1-6H3/t9-,10+,12+,13-/m0/s1. The van der Waals surface area contributed by atoms with Crippen LogP contribution in [0.3, 0.4) is 0 Å². The SMILES string of the molecule is CO[C@]1(C)C[C@H](C(C)(C)C)O[C@@H](C)[C@@]1(O)CN=[N+]=[N-]. The average molecular weight is 271 g/mol. The molecule has 110 valence electrons. The molecule has 0 spiro atoms. The van der Waals surface area contributed by atoms with Gasteiger partial charge in [0.05, 0.1) is 24.4 Å². The first-order chi connectivity index (χ1) is 8.60. The zero-order valence-electron chi connectivity index (χ0n) is 12.7. The highest BCUT2D eigenvalue weighted by Crippen LogP contribution is 2.44. The Labute approximate surface area is 114 Å². The van der Waals surface area contributed by atoms with E-state index in [9.17, 15) is 5.11 Å². The highest BCUT2D eigenvalue weighted by Gasteiger charge is 2.57. The molecule has 0 aromatic heterocycles. The number of ether oxygens (including phenoxy) is 2. The molecular weight excluding hydrogens is 246 g/mol. The fourth-order valence-corrected chi connectivity index (χ4v) is 2.57. The lowest BCUT2D eigenvalue weighted by Crippen LogP contribution is -2.68. The van der Waals surface area contributed by atoms with Crippen LogP contribution in [-0.2, 0) is 9.47 Å². The maximum Gasteiger partial charge on any atom is 0.125 e. The molecule has 1 heterocycles. The van der Waals surface area contributed by atoms with Gasteiger partial charge in [-0.2, -0.15) is 0 Å². The smallest absolute Gasteiger partial charge is 0.125 e. The molecule has 1 aliphatic heterocycles. The van der Waals surface area contributed by atoms with Crippen molar-refractivity contribution in [2.75, 3.05) is 13.7 Å². The largest absolute Gasteiger partial charge is 0.384 e. The van der Waals surface area contributed by atoms with Gasteiger partial charge in [0.2, 0.25) is 0 Å². The van der Waals surface area contributed by atoms with Crippen LogP contribution in [0.2, 0.25) is 0 Å². The van der Waals surface area contributed by atoms with E-state index < -0.39 is 17.3 Å². The van der Waals surface area contributed by atoms with Crippen LogP contribution in [0.4, 0.5) is 0 Å². The zero-order valence-corrected chi connectivity index (χ0v) is 12.7. The van der Waals surface area contributed by atoms with E-state index in [0.29, 0.717) is 6.42 Å². The van der Waals surface area contributed by atoms with Crippen LogP contribution in [0.5, 0.6) is 0 Å². The van der Waals surface area contributed by atoms with E-state index in [1.807, 2.05) is 6.92 Å². The summed E-state index contributed by atoms with van der Waals surface area (Å²) >= 11 is 0. The second-order valence-corrected chi connectivity index (χ2v) is 6.59. The predicted molar refractivity (Wildman–Crippen MR) is 72.8 cm³/mol. The lowest BCUT2D eigenvalue weighted by atomic mass is 9.70. The van der Waals surface area contributed by atoms with E-state index in [2.05, 4.69) is 30.8 Å². The minimum absolute atomic E-state index is 0.0289. The van der Waals surface area contributed by atoms with Gasteiger partial charge in [0.25, 0.3) is 0 Å². The molecule has 6 nitrogen and oxygen atoms in total. The van der Waals surface area contributed by atoms with Gasteiger partial charge in [-0.1, -0.05) is 25.9 Å². The number of hydrogen-bond acceptors (Lipinski definition) is 4.